The summed E-state index contributed by atoms with van der Waals surface area (Å²) in [7, 11) is 1.80. The fraction of sp³-hybridized carbons (Fsp3) is 0.846. The molecule has 1 aliphatic rings. The molecule has 5 heteroatoms. The fourth-order valence-electron chi connectivity index (χ4n) is 2.43. The zero-order valence-electron chi connectivity index (χ0n) is 11.3. The summed E-state index contributed by atoms with van der Waals surface area (Å²) in [5.41, 5.74) is 0. The third-order valence-electron chi connectivity index (χ3n) is 3.48. The molecule has 2 amide bonds. The molecule has 0 aromatic rings. The van der Waals surface area contributed by atoms with Crippen molar-refractivity contribution >= 4 is 12.0 Å². The molecule has 1 unspecified atom stereocenters. The van der Waals surface area contributed by atoms with Crippen LogP contribution >= 0.6 is 0 Å². The Kier molecular flexibility index (Phi) is 5.95. The topological polar surface area (TPSA) is 69.6 Å². The van der Waals surface area contributed by atoms with Crippen molar-refractivity contribution in [2.75, 3.05) is 20.1 Å². The third-order valence-corrected chi connectivity index (χ3v) is 3.48. The van der Waals surface area contributed by atoms with Gasteiger partial charge in [-0.2, -0.15) is 0 Å². The van der Waals surface area contributed by atoms with Crippen molar-refractivity contribution in [1.82, 2.24) is 10.2 Å². The van der Waals surface area contributed by atoms with Crippen LogP contribution in [-0.2, 0) is 4.79 Å². The second kappa shape index (κ2) is 7.24. The summed E-state index contributed by atoms with van der Waals surface area (Å²) < 4.78 is 0. The standard InChI is InChI=1S/C13H24N2O3/c1-10(7-12(16)17)8-14-13(18)15(2)9-11-5-3-4-6-11/h10-11H,3-9H2,1-2H3,(H,14,18)(H,16,17). The minimum Gasteiger partial charge on any atom is -0.481 e. The number of urea groups is 1. The van der Waals surface area contributed by atoms with Crippen molar-refractivity contribution in [2.24, 2.45) is 11.8 Å². The van der Waals surface area contributed by atoms with Crippen molar-refractivity contribution < 1.29 is 14.7 Å². The normalized spacial score (nSPS) is 17.4. The first-order chi connectivity index (χ1) is 8.49. The molecule has 0 bridgehead atoms. The molecule has 104 valence electrons. The second-order valence-corrected chi connectivity index (χ2v) is 5.42. The lowest BCUT2D eigenvalue weighted by Gasteiger charge is -2.22. The van der Waals surface area contributed by atoms with Crippen molar-refractivity contribution in [3.05, 3.63) is 0 Å². The smallest absolute Gasteiger partial charge is 0.317 e. The van der Waals surface area contributed by atoms with Gasteiger partial charge >= 0.3 is 12.0 Å². The van der Waals surface area contributed by atoms with Crippen LogP contribution in [0.1, 0.15) is 39.0 Å². The first-order valence-electron chi connectivity index (χ1n) is 6.69. The number of rotatable bonds is 6. The lowest BCUT2D eigenvalue weighted by atomic mass is 10.1. The van der Waals surface area contributed by atoms with Crippen LogP contribution in [0.5, 0.6) is 0 Å². The van der Waals surface area contributed by atoms with Gasteiger partial charge in [0.25, 0.3) is 0 Å². The Hall–Kier alpha value is -1.26. The van der Waals surface area contributed by atoms with E-state index in [1.165, 1.54) is 25.7 Å². The maximum absolute atomic E-state index is 11.8. The molecule has 0 aromatic carbocycles. The van der Waals surface area contributed by atoms with Crippen LogP contribution in [0.4, 0.5) is 4.79 Å². The molecule has 0 aromatic heterocycles. The quantitative estimate of drug-likeness (QED) is 0.763. The van der Waals surface area contributed by atoms with E-state index in [2.05, 4.69) is 5.32 Å². The molecule has 0 radical (unpaired) electrons. The van der Waals surface area contributed by atoms with E-state index in [-0.39, 0.29) is 18.4 Å². The second-order valence-electron chi connectivity index (χ2n) is 5.42. The van der Waals surface area contributed by atoms with E-state index in [4.69, 9.17) is 5.11 Å². The molecule has 0 saturated heterocycles. The summed E-state index contributed by atoms with van der Waals surface area (Å²) in [4.78, 5) is 24.0. The highest BCUT2D eigenvalue weighted by Crippen LogP contribution is 2.25. The Morgan fingerprint density at radius 2 is 2.00 bits per heavy atom. The molecular formula is C13H24N2O3. The van der Waals surface area contributed by atoms with Crippen LogP contribution in [0.3, 0.4) is 0 Å². The summed E-state index contributed by atoms with van der Waals surface area (Å²) in [6, 6.07) is -0.0980. The van der Waals surface area contributed by atoms with Gasteiger partial charge in [-0.25, -0.2) is 4.79 Å². The highest BCUT2D eigenvalue weighted by atomic mass is 16.4. The number of carbonyl (C=O) groups excluding carboxylic acids is 1. The molecule has 18 heavy (non-hydrogen) atoms. The first-order valence-corrected chi connectivity index (χ1v) is 6.69. The Morgan fingerprint density at radius 3 is 2.56 bits per heavy atom. The van der Waals surface area contributed by atoms with Crippen LogP contribution in [0.15, 0.2) is 0 Å². The molecule has 0 spiro atoms. The molecule has 1 fully saturated rings. The van der Waals surface area contributed by atoms with E-state index in [0.29, 0.717) is 12.5 Å². The predicted molar refractivity (Wildman–Crippen MR) is 69.4 cm³/mol. The number of nitrogens with one attached hydrogen (secondary N) is 1. The van der Waals surface area contributed by atoms with Crippen LogP contribution in [-0.4, -0.2) is 42.1 Å². The van der Waals surface area contributed by atoms with Crippen LogP contribution in [0, 0.1) is 11.8 Å². The molecule has 1 saturated carbocycles. The molecular weight excluding hydrogens is 232 g/mol. The molecule has 0 aliphatic heterocycles. The van der Waals surface area contributed by atoms with Crippen molar-refractivity contribution in [3.8, 4) is 0 Å². The molecule has 1 atom stereocenters. The summed E-state index contributed by atoms with van der Waals surface area (Å²) in [5, 5.41) is 11.4. The largest absolute Gasteiger partial charge is 0.481 e. The van der Waals surface area contributed by atoms with Crippen molar-refractivity contribution in [1.29, 1.82) is 0 Å². The Balaban J connectivity index is 2.20. The number of hydrogen-bond donors (Lipinski definition) is 2. The van der Waals surface area contributed by atoms with Crippen molar-refractivity contribution in [2.45, 2.75) is 39.0 Å². The average molecular weight is 256 g/mol. The summed E-state index contributed by atoms with van der Waals surface area (Å²) in [5.74, 6) is -0.223. The zero-order valence-corrected chi connectivity index (χ0v) is 11.3. The van der Waals surface area contributed by atoms with Gasteiger partial charge < -0.3 is 15.3 Å². The fourth-order valence-corrected chi connectivity index (χ4v) is 2.43. The summed E-state index contributed by atoms with van der Waals surface area (Å²) in [6.45, 7) is 3.05. The van der Waals surface area contributed by atoms with Gasteiger partial charge in [-0.05, 0) is 24.7 Å². The molecule has 0 heterocycles. The average Bonchev–Trinajstić information content (AvgIpc) is 2.77. The van der Waals surface area contributed by atoms with E-state index in [0.717, 1.165) is 6.54 Å². The van der Waals surface area contributed by atoms with Crippen LogP contribution in [0.25, 0.3) is 0 Å². The SMILES string of the molecule is CC(CNC(=O)N(C)CC1CCCC1)CC(=O)O. The van der Waals surface area contributed by atoms with Crippen molar-refractivity contribution in [3.63, 3.8) is 0 Å². The number of aliphatic carboxylic acids is 1. The lowest BCUT2D eigenvalue weighted by molar-refractivity contribution is -0.137. The minimum atomic E-state index is -0.823. The van der Waals surface area contributed by atoms with E-state index < -0.39 is 5.97 Å². The van der Waals surface area contributed by atoms with Gasteiger partial charge in [-0.1, -0.05) is 19.8 Å². The summed E-state index contributed by atoms with van der Waals surface area (Å²) >= 11 is 0. The Bertz CT molecular complexity index is 288. The van der Waals surface area contributed by atoms with Crippen LogP contribution < -0.4 is 5.32 Å². The van der Waals surface area contributed by atoms with E-state index in [1.54, 1.807) is 11.9 Å². The predicted octanol–water partition coefficient (Wildman–Crippen LogP) is 1.93. The monoisotopic (exact) mass is 256 g/mol. The molecule has 1 rings (SSSR count). The third kappa shape index (κ3) is 5.38. The highest BCUT2D eigenvalue weighted by molar-refractivity contribution is 5.74. The van der Waals surface area contributed by atoms with Gasteiger partial charge in [0.2, 0.25) is 0 Å². The number of carboxylic acids is 1. The van der Waals surface area contributed by atoms with E-state index >= 15 is 0 Å². The maximum Gasteiger partial charge on any atom is 0.317 e. The number of amides is 2. The van der Waals surface area contributed by atoms with Gasteiger partial charge in [0, 0.05) is 26.6 Å². The lowest BCUT2D eigenvalue weighted by Crippen LogP contribution is -2.41. The van der Waals surface area contributed by atoms with Gasteiger partial charge in [-0.3, -0.25) is 4.79 Å². The minimum absolute atomic E-state index is 0.0358. The Labute approximate surface area is 109 Å². The maximum atomic E-state index is 11.8. The molecule has 1 aliphatic carbocycles. The number of carbonyl (C=O) groups is 2. The Morgan fingerprint density at radius 1 is 1.39 bits per heavy atom. The van der Waals surface area contributed by atoms with E-state index in [1.807, 2.05) is 6.92 Å². The van der Waals surface area contributed by atoms with Gasteiger partial charge in [0.05, 0.1) is 0 Å². The molecule has 5 nitrogen and oxygen atoms in total. The summed E-state index contributed by atoms with van der Waals surface area (Å²) in [6.07, 6.45) is 5.07. The van der Waals surface area contributed by atoms with E-state index in [9.17, 15) is 9.59 Å². The number of nitrogens with zero attached hydrogens (tertiary/aromatic N) is 1. The van der Waals surface area contributed by atoms with Gasteiger partial charge in [0.1, 0.15) is 0 Å². The number of hydrogen-bond acceptors (Lipinski definition) is 2. The zero-order chi connectivity index (χ0) is 13.5. The van der Waals surface area contributed by atoms with Crippen LogP contribution in [0.2, 0.25) is 0 Å². The molecule has 2 N–H and O–H groups in total. The van der Waals surface area contributed by atoms with Gasteiger partial charge in [-0.15, -0.1) is 0 Å². The highest BCUT2D eigenvalue weighted by Gasteiger charge is 2.19. The first kappa shape index (κ1) is 14.8. The van der Waals surface area contributed by atoms with Gasteiger partial charge in [0.15, 0.2) is 0 Å². The number of carboxylic acid groups (broad SMARTS) is 1.